The minimum atomic E-state index is -0.799. The lowest BCUT2D eigenvalue weighted by molar-refractivity contribution is 0.252. The summed E-state index contributed by atoms with van der Waals surface area (Å²) in [5.41, 5.74) is 0.581. The Morgan fingerprint density at radius 1 is 0.964 bits per heavy atom. The molecule has 0 saturated heterocycles. The van der Waals surface area contributed by atoms with Crippen LogP contribution in [-0.4, -0.2) is 11.8 Å². The van der Waals surface area contributed by atoms with Crippen LogP contribution in [0, 0.1) is 41.4 Å². The van der Waals surface area contributed by atoms with Crippen molar-refractivity contribution in [1.82, 2.24) is 0 Å². The summed E-state index contributed by atoms with van der Waals surface area (Å²) in [4.78, 5) is 3.32. The first-order valence-electron chi connectivity index (χ1n) is 8.97. The van der Waals surface area contributed by atoms with Gasteiger partial charge in [-0.05, 0) is 73.3 Å². The number of thiocarbonyl (C=S) groups is 1. The number of rotatable bonds is 3. The molecule has 1 saturated carbocycles. The van der Waals surface area contributed by atoms with E-state index in [1.165, 1.54) is 25.7 Å². The molecule has 0 N–H and O–H groups in total. The standard InChI is InChI=1S/C23H17F2NOS/c24-22-13-19(14-23(25)21(22)11-12-26-16-28)6-5-17-7-9-20(10-8-17)27-15-18-3-1-2-4-18/h7-10,13-14,18H,1-4,15H2. The summed E-state index contributed by atoms with van der Waals surface area (Å²) in [6.07, 6.45) is 5.05. The van der Waals surface area contributed by atoms with Crippen molar-refractivity contribution in [3.63, 3.8) is 0 Å². The Balaban J connectivity index is 1.67. The number of ether oxygens (including phenoxy) is 1. The predicted octanol–water partition coefficient (Wildman–Crippen LogP) is 5.35. The molecule has 5 heteroatoms. The molecule has 140 valence electrons. The third kappa shape index (κ3) is 5.51. The lowest BCUT2D eigenvalue weighted by Gasteiger charge is -2.11. The average Bonchev–Trinajstić information content (AvgIpc) is 3.21. The van der Waals surface area contributed by atoms with E-state index in [-0.39, 0.29) is 11.1 Å². The molecule has 0 atom stereocenters. The molecular weight excluding hydrogens is 376 g/mol. The van der Waals surface area contributed by atoms with Gasteiger partial charge in [0.2, 0.25) is 0 Å². The van der Waals surface area contributed by atoms with E-state index < -0.39 is 11.6 Å². The molecule has 1 aliphatic rings. The lowest BCUT2D eigenvalue weighted by Crippen LogP contribution is -2.07. The van der Waals surface area contributed by atoms with Gasteiger partial charge in [-0.1, -0.05) is 24.7 Å². The van der Waals surface area contributed by atoms with Crippen molar-refractivity contribution >= 4 is 17.4 Å². The maximum Gasteiger partial charge on any atom is 0.143 e. The van der Waals surface area contributed by atoms with Crippen LogP contribution in [0.5, 0.6) is 5.75 Å². The highest BCUT2D eigenvalue weighted by atomic mass is 32.1. The van der Waals surface area contributed by atoms with E-state index in [0.29, 0.717) is 5.92 Å². The molecule has 3 rings (SSSR count). The van der Waals surface area contributed by atoms with Crippen molar-refractivity contribution < 1.29 is 13.5 Å². The molecule has 0 heterocycles. The van der Waals surface area contributed by atoms with Gasteiger partial charge in [-0.3, -0.25) is 0 Å². The zero-order valence-electron chi connectivity index (χ0n) is 15.1. The van der Waals surface area contributed by atoms with Crippen molar-refractivity contribution in [2.45, 2.75) is 25.7 Å². The summed E-state index contributed by atoms with van der Waals surface area (Å²) < 4.78 is 33.8. The molecule has 1 fully saturated rings. The van der Waals surface area contributed by atoms with Crippen LogP contribution in [-0.2, 0) is 0 Å². The molecule has 2 aromatic rings. The van der Waals surface area contributed by atoms with E-state index in [4.69, 9.17) is 4.74 Å². The number of hydrogen-bond donors (Lipinski definition) is 0. The molecule has 0 unspecified atom stereocenters. The second-order valence-corrected chi connectivity index (χ2v) is 6.67. The monoisotopic (exact) mass is 393 g/mol. The number of aliphatic imine (C=N–C) groups is 1. The van der Waals surface area contributed by atoms with Crippen molar-refractivity contribution in [2.75, 3.05) is 6.61 Å². The highest BCUT2D eigenvalue weighted by molar-refractivity contribution is 7.78. The Kier molecular flexibility index (Phi) is 6.93. The lowest BCUT2D eigenvalue weighted by atomic mass is 10.1. The third-order valence-electron chi connectivity index (χ3n) is 4.49. The Morgan fingerprint density at radius 3 is 2.25 bits per heavy atom. The van der Waals surface area contributed by atoms with Crippen molar-refractivity contribution in [3.8, 4) is 29.6 Å². The molecule has 0 aliphatic heterocycles. The zero-order chi connectivity index (χ0) is 19.8. The molecular formula is C23H17F2NOS. The molecule has 28 heavy (non-hydrogen) atoms. The van der Waals surface area contributed by atoms with Crippen LogP contribution in [0.1, 0.15) is 42.4 Å². The van der Waals surface area contributed by atoms with Gasteiger partial charge >= 0.3 is 0 Å². The third-order valence-corrected chi connectivity index (χ3v) is 4.58. The van der Waals surface area contributed by atoms with Gasteiger partial charge in [-0.25, -0.2) is 8.78 Å². The van der Waals surface area contributed by atoms with Gasteiger partial charge in [0.15, 0.2) is 0 Å². The highest BCUT2D eigenvalue weighted by Crippen LogP contribution is 2.25. The fourth-order valence-electron chi connectivity index (χ4n) is 3.04. The Labute approximate surface area is 168 Å². The number of halogens is 2. The van der Waals surface area contributed by atoms with Gasteiger partial charge in [0, 0.05) is 11.1 Å². The van der Waals surface area contributed by atoms with Crippen molar-refractivity contribution in [1.29, 1.82) is 0 Å². The zero-order valence-corrected chi connectivity index (χ0v) is 15.9. The fourth-order valence-corrected chi connectivity index (χ4v) is 3.09. The molecule has 0 amide bonds. The van der Waals surface area contributed by atoms with Gasteiger partial charge in [0.25, 0.3) is 0 Å². The first-order chi connectivity index (χ1) is 13.7. The van der Waals surface area contributed by atoms with E-state index >= 15 is 0 Å². The second kappa shape index (κ2) is 9.81. The summed E-state index contributed by atoms with van der Waals surface area (Å²) >= 11 is 4.35. The van der Waals surface area contributed by atoms with Gasteiger partial charge in [0.1, 0.15) is 17.4 Å². The Bertz CT molecular complexity index is 990. The summed E-state index contributed by atoms with van der Waals surface area (Å²) in [5, 5.41) is 2.01. The fraction of sp³-hybridized carbons (Fsp3) is 0.261. The number of nitrogens with zero attached hydrogens (tertiary/aromatic N) is 1. The summed E-state index contributed by atoms with van der Waals surface area (Å²) in [5.74, 6) is 7.78. The second-order valence-electron chi connectivity index (χ2n) is 6.49. The van der Waals surface area contributed by atoms with Crippen LogP contribution in [0.4, 0.5) is 8.78 Å². The van der Waals surface area contributed by atoms with Crippen molar-refractivity contribution in [2.24, 2.45) is 10.9 Å². The van der Waals surface area contributed by atoms with Gasteiger partial charge in [0.05, 0.1) is 23.4 Å². The van der Waals surface area contributed by atoms with E-state index in [1.54, 1.807) is 0 Å². The highest BCUT2D eigenvalue weighted by Gasteiger charge is 2.15. The molecule has 1 aliphatic carbocycles. The van der Waals surface area contributed by atoms with Crippen LogP contribution < -0.4 is 4.74 Å². The van der Waals surface area contributed by atoms with Crippen LogP contribution in [0.3, 0.4) is 0 Å². The van der Waals surface area contributed by atoms with E-state index in [0.717, 1.165) is 30.1 Å². The largest absolute Gasteiger partial charge is 0.493 e. The van der Waals surface area contributed by atoms with Crippen molar-refractivity contribution in [3.05, 3.63) is 64.7 Å². The first-order valence-corrected chi connectivity index (χ1v) is 9.38. The van der Waals surface area contributed by atoms with Crippen LogP contribution >= 0.6 is 12.2 Å². The number of isothiocyanates is 1. The van der Waals surface area contributed by atoms with E-state index in [9.17, 15) is 8.78 Å². The molecule has 2 nitrogen and oxygen atoms in total. The predicted molar refractivity (Wildman–Crippen MR) is 108 cm³/mol. The summed E-state index contributed by atoms with van der Waals surface area (Å²) in [7, 11) is 0. The maximum atomic E-state index is 14.0. The minimum Gasteiger partial charge on any atom is -0.493 e. The number of benzene rings is 2. The molecule has 2 aromatic carbocycles. The average molecular weight is 393 g/mol. The van der Waals surface area contributed by atoms with E-state index in [2.05, 4.69) is 41.0 Å². The van der Waals surface area contributed by atoms with Crippen LogP contribution in [0.15, 0.2) is 41.4 Å². The quantitative estimate of drug-likeness (QED) is 0.399. The normalized spacial score (nSPS) is 12.9. The van der Waals surface area contributed by atoms with Crippen LogP contribution in [0.25, 0.3) is 0 Å². The van der Waals surface area contributed by atoms with Gasteiger partial charge < -0.3 is 4.74 Å². The topological polar surface area (TPSA) is 21.6 Å². The molecule has 0 radical (unpaired) electrons. The minimum absolute atomic E-state index is 0.223. The smallest absolute Gasteiger partial charge is 0.143 e. The first kappa shape index (κ1) is 19.8. The molecule has 0 spiro atoms. The summed E-state index contributed by atoms with van der Waals surface area (Å²) in [6.45, 7) is 0.745. The molecule has 0 bridgehead atoms. The number of hydrogen-bond acceptors (Lipinski definition) is 3. The Morgan fingerprint density at radius 2 is 1.61 bits per heavy atom. The van der Waals surface area contributed by atoms with Gasteiger partial charge in [-0.2, -0.15) is 0 Å². The summed E-state index contributed by atoms with van der Waals surface area (Å²) in [6, 6.07) is 11.8. The molecule has 0 aromatic heterocycles. The van der Waals surface area contributed by atoms with Crippen LogP contribution in [0.2, 0.25) is 0 Å². The maximum absolute atomic E-state index is 14.0. The van der Waals surface area contributed by atoms with Gasteiger partial charge in [-0.15, -0.1) is 4.99 Å². The SMILES string of the molecule is Fc1cc(C#Cc2ccc(OCC3CCCC3)cc2)cc(F)c1C#CN=C=S. The Hall–Kier alpha value is -2.98. The van der Waals surface area contributed by atoms with E-state index in [1.807, 2.05) is 29.4 Å².